The third kappa shape index (κ3) is 3.16. The fraction of sp³-hybridized carbons (Fsp3) is 0.667. The fourth-order valence-corrected chi connectivity index (χ4v) is 3.72. The van der Waals surface area contributed by atoms with Gasteiger partial charge in [0.1, 0.15) is 15.9 Å². The maximum atomic E-state index is 6.35. The molecular formula is C15H22Cl2N4. The Morgan fingerprint density at radius 1 is 1.00 bits per heavy atom. The van der Waals surface area contributed by atoms with Gasteiger partial charge in [-0.25, -0.2) is 4.98 Å². The van der Waals surface area contributed by atoms with Gasteiger partial charge in [-0.3, -0.25) is 0 Å². The number of nitrogens with one attached hydrogen (secondary N) is 1. The first-order valence-corrected chi connectivity index (χ1v) is 8.58. The van der Waals surface area contributed by atoms with Crippen molar-refractivity contribution in [1.82, 2.24) is 4.98 Å². The summed E-state index contributed by atoms with van der Waals surface area (Å²) < 4.78 is 0. The van der Waals surface area contributed by atoms with Crippen LogP contribution in [0.1, 0.15) is 44.9 Å². The lowest BCUT2D eigenvalue weighted by molar-refractivity contribution is 0.462. The summed E-state index contributed by atoms with van der Waals surface area (Å²) in [5.74, 6) is 1.46. The summed E-state index contributed by atoms with van der Waals surface area (Å²) >= 11 is 12.7. The number of nitrogens with zero attached hydrogens (tertiary/aromatic N) is 2. The van der Waals surface area contributed by atoms with Crippen molar-refractivity contribution in [3.8, 4) is 0 Å². The number of hydrogen-bond acceptors (Lipinski definition) is 4. The van der Waals surface area contributed by atoms with E-state index in [0.29, 0.717) is 27.6 Å². The van der Waals surface area contributed by atoms with Gasteiger partial charge in [0, 0.05) is 19.1 Å². The Balaban J connectivity index is 1.87. The monoisotopic (exact) mass is 328 g/mol. The largest absolute Gasteiger partial charge is 0.396 e. The van der Waals surface area contributed by atoms with Gasteiger partial charge >= 0.3 is 0 Å². The van der Waals surface area contributed by atoms with Gasteiger partial charge in [-0.15, -0.1) is 0 Å². The minimum absolute atomic E-state index is 0.438. The van der Waals surface area contributed by atoms with Crippen molar-refractivity contribution >= 4 is 40.5 Å². The lowest BCUT2D eigenvalue weighted by atomic mass is 9.95. The summed E-state index contributed by atoms with van der Waals surface area (Å²) in [5, 5.41) is 4.41. The highest BCUT2D eigenvalue weighted by atomic mass is 35.5. The number of rotatable bonds is 3. The molecule has 6 heteroatoms. The van der Waals surface area contributed by atoms with Gasteiger partial charge in [-0.2, -0.15) is 0 Å². The molecule has 0 unspecified atom stereocenters. The van der Waals surface area contributed by atoms with E-state index in [4.69, 9.17) is 28.9 Å². The normalized spacial score (nSPS) is 20.0. The summed E-state index contributed by atoms with van der Waals surface area (Å²) in [4.78, 5) is 6.88. The minimum Gasteiger partial charge on any atom is -0.396 e. The zero-order valence-corrected chi connectivity index (χ0v) is 13.7. The molecule has 2 heterocycles. The average Bonchev–Trinajstić information content (AvgIpc) is 3.03. The molecule has 116 valence electrons. The van der Waals surface area contributed by atoms with E-state index in [2.05, 4.69) is 15.2 Å². The summed E-state index contributed by atoms with van der Waals surface area (Å²) in [6, 6.07) is 0.441. The molecule has 3 N–H and O–H groups in total. The fourth-order valence-electron chi connectivity index (χ4n) is 3.22. The van der Waals surface area contributed by atoms with Crippen molar-refractivity contribution < 1.29 is 0 Å². The van der Waals surface area contributed by atoms with Crippen LogP contribution in [0.3, 0.4) is 0 Å². The lowest BCUT2D eigenvalue weighted by Crippen LogP contribution is -2.25. The Morgan fingerprint density at radius 3 is 2.33 bits per heavy atom. The number of aromatic nitrogens is 1. The van der Waals surface area contributed by atoms with Crippen LogP contribution >= 0.6 is 23.2 Å². The SMILES string of the molecule is Nc1c(Cl)c(NC2CCCCC2)nc(N2CCCC2)c1Cl. The van der Waals surface area contributed by atoms with Gasteiger partial charge in [-0.1, -0.05) is 42.5 Å². The first kappa shape index (κ1) is 15.0. The molecule has 4 nitrogen and oxygen atoms in total. The molecule has 2 aliphatic rings. The van der Waals surface area contributed by atoms with Crippen molar-refractivity contribution in [1.29, 1.82) is 0 Å². The van der Waals surface area contributed by atoms with E-state index in [1.54, 1.807) is 0 Å². The van der Waals surface area contributed by atoms with Crippen molar-refractivity contribution in [2.45, 2.75) is 51.0 Å². The third-order valence-electron chi connectivity index (χ3n) is 4.45. The van der Waals surface area contributed by atoms with Crippen molar-refractivity contribution in [3.63, 3.8) is 0 Å². The summed E-state index contributed by atoms with van der Waals surface area (Å²) in [6.45, 7) is 1.97. The highest BCUT2D eigenvalue weighted by molar-refractivity contribution is 6.41. The maximum Gasteiger partial charge on any atom is 0.152 e. The van der Waals surface area contributed by atoms with E-state index < -0.39 is 0 Å². The molecule has 0 bridgehead atoms. The Kier molecular flexibility index (Phi) is 4.65. The van der Waals surface area contributed by atoms with E-state index in [0.717, 1.165) is 18.9 Å². The van der Waals surface area contributed by atoms with Gasteiger partial charge < -0.3 is 16.0 Å². The van der Waals surface area contributed by atoms with E-state index in [1.807, 2.05) is 0 Å². The molecular weight excluding hydrogens is 307 g/mol. The number of pyridine rings is 1. The minimum atomic E-state index is 0.438. The van der Waals surface area contributed by atoms with Gasteiger partial charge in [0.05, 0.1) is 5.69 Å². The summed E-state index contributed by atoms with van der Waals surface area (Å²) in [7, 11) is 0. The number of anilines is 3. The second-order valence-corrected chi connectivity index (χ2v) is 6.76. The van der Waals surface area contributed by atoms with Crippen LogP contribution in [0, 0.1) is 0 Å². The van der Waals surface area contributed by atoms with Crippen molar-refractivity contribution in [2.24, 2.45) is 0 Å². The molecule has 2 fully saturated rings. The lowest BCUT2D eigenvalue weighted by Gasteiger charge is -2.26. The predicted octanol–water partition coefficient (Wildman–Crippen LogP) is 4.32. The van der Waals surface area contributed by atoms with Crippen LogP contribution in [0.4, 0.5) is 17.3 Å². The highest BCUT2D eigenvalue weighted by Gasteiger charge is 2.23. The second kappa shape index (κ2) is 6.49. The van der Waals surface area contributed by atoms with E-state index >= 15 is 0 Å². The molecule has 1 aromatic rings. The van der Waals surface area contributed by atoms with Crippen molar-refractivity contribution in [2.75, 3.05) is 29.0 Å². The average molecular weight is 329 g/mol. The first-order chi connectivity index (χ1) is 10.2. The molecule has 1 aromatic heterocycles. The molecule has 1 aliphatic heterocycles. The zero-order valence-electron chi connectivity index (χ0n) is 12.2. The molecule has 1 saturated carbocycles. The summed E-state index contributed by atoms with van der Waals surface area (Å²) in [5.41, 5.74) is 6.52. The molecule has 1 saturated heterocycles. The zero-order chi connectivity index (χ0) is 14.8. The third-order valence-corrected chi connectivity index (χ3v) is 5.20. The van der Waals surface area contributed by atoms with E-state index in [9.17, 15) is 0 Å². The molecule has 0 amide bonds. The molecule has 21 heavy (non-hydrogen) atoms. The van der Waals surface area contributed by atoms with Crippen LogP contribution in [-0.4, -0.2) is 24.1 Å². The smallest absolute Gasteiger partial charge is 0.152 e. The highest BCUT2D eigenvalue weighted by Crippen LogP contribution is 2.40. The Hall–Kier alpha value is -0.870. The van der Waals surface area contributed by atoms with E-state index in [-0.39, 0.29) is 0 Å². The topological polar surface area (TPSA) is 54.2 Å². The van der Waals surface area contributed by atoms with E-state index in [1.165, 1.54) is 44.9 Å². The number of halogens is 2. The number of nitrogen functional groups attached to an aromatic ring is 1. The van der Waals surface area contributed by atoms with Gasteiger partial charge in [0.25, 0.3) is 0 Å². The number of hydrogen-bond donors (Lipinski definition) is 2. The van der Waals surface area contributed by atoms with Gasteiger partial charge in [0.2, 0.25) is 0 Å². The van der Waals surface area contributed by atoms with Crippen LogP contribution < -0.4 is 16.0 Å². The second-order valence-electron chi connectivity index (χ2n) is 6.00. The quantitative estimate of drug-likeness (QED) is 0.867. The summed E-state index contributed by atoms with van der Waals surface area (Å²) in [6.07, 6.45) is 8.52. The van der Waals surface area contributed by atoms with Crippen LogP contribution in [0.5, 0.6) is 0 Å². The Morgan fingerprint density at radius 2 is 1.67 bits per heavy atom. The molecule has 0 aromatic carbocycles. The maximum absolute atomic E-state index is 6.35. The van der Waals surface area contributed by atoms with Gasteiger partial charge in [0.15, 0.2) is 5.82 Å². The Bertz CT molecular complexity index is 509. The standard InChI is InChI=1S/C15H22Cl2N4/c16-11-13(18)12(17)15(21-8-4-5-9-21)20-14(11)19-10-6-2-1-3-7-10/h10H,1-9H2,(H3,18,19,20). The predicted molar refractivity (Wildman–Crippen MR) is 90.6 cm³/mol. The van der Waals surface area contributed by atoms with Crippen LogP contribution in [-0.2, 0) is 0 Å². The van der Waals surface area contributed by atoms with Crippen LogP contribution in [0.15, 0.2) is 0 Å². The molecule has 3 rings (SSSR count). The molecule has 0 radical (unpaired) electrons. The van der Waals surface area contributed by atoms with Gasteiger partial charge in [-0.05, 0) is 25.7 Å². The molecule has 0 atom stereocenters. The Labute approximate surface area is 136 Å². The first-order valence-electron chi connectivity index (χ1n) is 7.83. The van der Waals surface area contributed by atoms with Crippen molar-refractivity contribution in [3.05, 3.63) is 10.0 Å². The van der Waals surface area contributed by atoms with Crippen LogP contribution in [0.25, 0.3) is 0 Å². The number of nitrogens with two attached hydrogens (primary N) is 1. The molecule has 0 spiro atoms. The molecule has 1 aliphatic carbocycles. The van der Waals surface area contributed by atoms with Crippen LogP contribution in [0.2, 0.25) is 10.0 Å².